The van der Waals surface area contributed by atoms with Crippen LogP contribution >= 0.6 is 0 Å². The van der Waals surface area contributed by atoms with Gasteiger partial charge < -0.3 is 0 Å². The molecule has 0 aromatic heterocycles. The Morgan fingerprint density at radius 1 is 1.32 bits per heavy atom. The highest BCUT2D eigenvalue weighted by Crippen LogP contribution is 2.34. The molecule has 5 nitrogen and oxygen atoms in total. The zero-order valence-corrected chi connectivity index (χ0v) is 13.9. The number of rotatable bonds is 3. The Balaban J connectivity index is 1.90. The molecule has 1 fully saturated rings. The summed E-state index contributed by atoms with van der Waals surface area (Å²) in [5, 5.41) is 0. The average Bonchev–Trinajstić information content (AvgIpc) is 2.34. The van der Waals surface area contributed by atoms with E-state index in [-0.39, 0.29) is 35.4 Å². The van der Waals surface area contributed by atoms with Gasteiger partial charge in [0.2, 0.25) is 10.0 Å². The van der Waals surface area contributed by atoms with Gasteiger partial charge >= 0.3 is 0 Å². The Kier molecular flexibility index (Phi) is 3.71. The molecule has 3 rings (SSSR count). The summed E-state index contributed by atoms with van der Waals surface area (Å²) in [6, 6.07) is 3.15. The van der Waals surface area contributed by atoms with E-state index in [0.29, 0.717) is 18.4 Å². The first-order valence-corrected chi connectivity index (χ1v) is 10.6. The number of hydrogen-bond donors (Lipinski definition) is 0. The van der Waals surface area contributed by atoms with Crippen molar-refractivity contribution in [1.82, 2.24) is 0 Å². The molecule has 0 atom stereocenters. The first-order valence-electron chi connectivity index (χ1n) is 7.18. The smallest absolute Gasteiger partial charge is 0.235 e. The van der Waals surface area contributed by atoms with Gasteiger partial charge in [0.05, 0.1) is 22.9 Å². The lowest BCUT2D eigenvalue weighted by atomic mass is 10.0. The topological polar surface area (TPSA) is 71.5 Å². The number of hydrogen-bond acceptors (Lipinski definition) is 4. The molecule has 1 aromatic rings. The van der Waals surface area contributed by atoms with E-state index in [1.165, 1.54) is 6.07 Å². The van der Waals surface area contributed by atoms with Crippen LogP contribution in [0.25, 0.3) is 0 Å². The highest BCUT2D eigenvalue weighted by atomic mass is 32.2. The van der Waals surface area contributed by atoms with Crippen LogP contribution in [-0.4, -0.2) is 40.6 Å². The van der Waals surface area contributed by atoms with Gasteiger partial charge in [0, 0.05) is 12.5 Å². The third kappa shape index (κ3) is 2.86. The molecular weight excluding hydrogens is 329 g/mol. The van der Waals surface area contributed by atoms with Crippen LogP contribution in [0.2, 0.25) is 0 Å². The van der Waals surface area contributed by atoms with Gasteiger partial charge in [-0.1, -0.05) is 6.07 Å². The van der Waals surface area contributed by atoms with Crippen molar-refractivity contribution in [2.45, 2.75) is 19.8 Å². The molecule has 0 spiro atoms. The first-order chi connectivity index (χ1) is 10.2. The summed E-state index contributed by atoms with van der Waals surface area (Å²) in [4.78, 5) is 0. The zero-order chi connectivity index (χ0) is 16.1. The van der Waals surface area contributed by atoms with E-state index in [4.69, 9.17) is 0 Å². The predicted octanol–water partition coefficient (Wildman–Crippen LogP) is 1.26. The first kappa shape index (κ1) is 15.7. The molecule has 2 aliphatic heterocycles. The van der Waals surface area contributed by atoms with Crippen LogP contribution in [0, 0.1) is 18.7 Å². The van der Waals surface area contributed by atoms with Gasteiger partial charge in [-0.25, -0.2) is 21.2 Å². The highest BCUT2D eigenvalue weighted by molar-refractivity contribution is 7.94. The van der Waals surface area contributed by atoms with Gasteiger partial charge in [-0.05, 0) is 37.0 Å². The molecule has 22 heavy (non-hydrogen) atoms. The second-order valence-corrected chi connectivity index (χ2v) is 10.2. The fourth-order valence-electron chi connectivity index (χ4n) is 3.23. The molecule has 1 aromatic carbocycles. The molecule has 0 aliphatic carbocycles. The summed E-state index contributed by atoms with van der Waals surface area (Å²) in [5.41, 5.74) is 1.60. The summed E-state index contributed by atoms with van der Waals surface area (Å²) in [7, 11) is -6.78. The van der Waals surface area contributed by atoms with Gasteiger partial charge in [-0.2, -0.15) is 0 Å². The van der Waals surface area contributed by atoms with Crippen molar-refractivity contribution in [3.8, 4) is 0 Å². The van der Waals surface area contributed by atoms with Gasteiger partial charge in [-0.3, -0.25) is 4.31 Å². The Morgan fingerprint density at radius 3 is 2.64 bits per heavy atom. The van der Waals surface area contributed by atoms with E-state index in [1.54, 1.807) is 6.92 Å². The molecule has 1 saturated heterocycles. The van der Waals surface area contributed by atoms with Crippen molar-refractivity contribution in [2.24, 2.45) is 5.92 Å². The zero-order valence-electron chi connectivity index (χ0n) is 12.2. The molecule has 0 N–H and O–H groups in total. The summed E-state index contributed by atoms with van der Waals surface area (Å²) >= 11 is 0. The van der Waals surface area contributed by atoms with Crippen LogP contribution in [0.4, 0.5) is 10.1 Å². The van der Waals surface area contributed by atoms with E-state index in [9.17, 15) is 21.2 Å². The Morgan fingerprint density at radius 2 is 2.00 bits per heavy atom. The summed E-state index contributed by atoms with van der Waals surface area (Å²) in [6.45, 7) is 2.02. The van der Waals surface area contributed by atoms with Crippen LogP contribution in [0.15, 0.2) is 12.1 Å². The molecule has 0 bridgehead atoms. The standard InChI is InChI=1S/C14H18FNO4S2/c1-10-5-12-3-2-4-16(14(12)13(15)6-10)22(19,20)9-11-7-21(17,18)8-11/h5-6,11H,2-4,7-9H2,1H3. The van der Waals surface area contributed by atoms with E-state index in [2.05, 4.69) is 0 Å². The second kappa shape index (κ2) is 5.19. The Labute approximate surface area is 130 Å². The third-order valence-electron chi connectivity index (χ3n) is 4.10. The van der Waals surface area contributed by atoms with E-state index in [0.717, 1.165) is 9.87 Å². The van der Waals surface area contributed by atoms with Crippen molar-refractivity contribution >= 4 is 25.5 Å². The molecular formula is C14H18FNO4S2. The molecule has 2 aliphatic rings. The minimum atomic E-state index is -3.71. The minimum Gasteiger partial charge on any atom is -0.267 e. The number of benzene rings is 1. The van der Waals surface area contributed by atoms with Gasteiger partial charge in [0.15, 0.2) is 9.84 Å². The van der Waals surface area contributed by atoms with E-state index < -0.39 is 25.7 Å². The van der Waals surface area contributed by atoms with Crippen LogP contribution in [0.5, 0.6) is 0 Å². The monoisotopic (exact) mass is 347 g/mol. The number of nitrogens with zero attached hydrogens (tertiary/aromatic N) is 1. The predicted molar refractivity (Wildman–Crippen MR) is 82.7 cm³/mol. The third-order valence-corrected chi connectivity index (χ3v) is 7.99. The summed E-state index contributed by atoms with van der Waals surface area (Å²) in [6.07, 6.45) is 1.29. The van der Waals surface area contributed by atoms with E-state index in [1.807, 2.05) is 6.07 Å². The molecule has 0 unspecified atom stereocenters. The lowest BCUT2D eigenvalue weighted by molar-refractivity contribution is 0.531. The minimum absolute atomic E-state index is 0.0939. The van der Waals surface area contributed by atoms with Crippen LogP contribution in [0.1, 0.15) is 17.5 Å². The molecule has 0 saturated carbocycles. The molecule has 122 valence electrons. The van der Waals surface area contributed by atoms with Crippen molar-refractivity contribution in [3.05, 3.63) is 29.1 Å². The van der Waals surface area contributed by atoms with Crippen LogP contribution < -0.4 is 4.31 Å². The summed E-state index contributed by atoms with van der Waals surface area (Å²) in [5.74, 6) is -1.33. The van der Waals surface area contributed by atoms with Crippen molar-refractivity contribution in [1.29, 1.82) is 0 Å². The lowest BCUT2D eigenvalue weighted by Gasteiger charge is -2.34. The molecule has 0 amide bonds. The van der Waals surface area contributed by atoms with Crippen molar-refractivity contribution < 1.29 is 21.2 Å². The Bertz CT molecular complexity index is 805. The highest BCUT2D eigenvalue weighted by Gasteiger charge is 2.39. The van der Waals surface area contributed by atoms with Gasteiger partial charge in [-0.15, -0.1) is 0 Å². The molecule has 8 heteroatoms. The SMILES string of the molecule is Cc1cc(F)c2c(c1)CCCN2S(=O)(=O)CC1CS(=O)(=O)C1. The molecule has 2 heterocycles. The Hall–Kier alpha value is -1.15. The van der Waals surface area contributed by atoms with Crippen LogP contribution in [-0.2, 0) is 26.3 Å². The summed E-state index contributed by atoms with van der Waals surface area (Å²) < 4.78 is 62.9. The maximum atomic E-state index is 14.3. The quantitative estimate of drug-likeness (QED) is 0.825. The maximum absolute atomic E-state index is 14.3. The normalized spacial score (nSPS) is 21.3. The number of aryl methyl sites for hydroxylation is 2. The fraction of sp³-hybridized carbons (Fsp3) is 0.571. The van der Waals surface area contributed by atoms with E-state index >= 15 is 0 Å². The number of fused-ring (bicyclic) bond motifs is 1. The van der Waals surface area contributed by atoms with Gasteiger partial charge in [0.25, 0.3) is 0 Å². The van der Waals surface area contributed by atoms with Crippen molar-refractivity contribution in [2.75, 3.05) is 28.1 Å². The number of anilines is 1. The van der Waals surface area contributed by atoms with Gasteiger partial charge in [0.1, 0.15) is 5.82 Å². The van der Waals surface area contributed by atoms with Crippen LogP contribution in [0.3, 0.4) is 0 Å². The average molecular weight is 347 g/mol. The molecule has 0 radical (unpaired) electrons. The second-order valence-electron chi connectivity index (χ2n) is 6.15. The van der Waals surface area contributed by atoms with Crippen molar-refractivity contribution in [3.63, 3.8) is 0 Å². The maximum Gasteiger partial charge on any atom is 0.235 e. The fourth-order valence-corrected chi connectivity index (χ4v) is 7.01. The lowest BCUT2D eigenvalue weighted by Crippen LogP contribution is -2.46. The number of sulfonamides is 1. The number of sulfone groups is 1. The largest absolute Gasteiger partial charge is 0.267 e. The number of halogens is 1.